The van der Waals surface area contributed by atoms with Gasteiger partial charge in [0.2, 0.25) is 0 Å². The summed E-state index contributed by atoms with van der Waals surface area (Å²) in [6, 6.07) is 0.640. The van der Waals surface area contributed by atoms with Crippen molar-refractivity contribution in [1.29, 1.82) is 0 Å². The highest BCUT2D eigenvalue weighted by molar-refractivity contribution is 7.15. The van der Waals surface area contributed by atoms with Crippen LogP contribution in [0.25, 0.3) is 0 Å². The average Bonchev–Trinajstić information content (AvgIpc) is 2.84. The Morgan fingerprint density at radius 2 is 2.05 bits per heavy atom. The van der Waals surface area contributed by atoms with Gasteiger partial charge in [0.05, 0.1) is 0 Å². The van der Waals surface area contributed by atoms with Crippen LogP contribution in [-0.4, -0.2) is 48.6 Å². The van der Waals surface area contributed by atoms with Crippen molar-refractivity contribution in [1.82, 2.24) is 15.2 Å². The molecule has 0 atom stereocenters. The second-order valence-electron chi connectivity index (χ2n) is 6.86. The van der Waals surface area contributed by atoms with E-state index in [0.29, 0.717) is 6.04 Å². The SMILES string of the molecule is CN1CCC(N(C)c2ncc(CNC(C)(C)C)s2)CC1. The van der Waals surface area contributed by atoms with E-state index in [9.17, 15) is 0 Å². The molecule has 1 N–H and O–H groups in total. The Hall–Kier alpha value is -0.650. The lowest BCUT2D eigenvalue weighted by Crippen LogP contribution is -2.41. The van der Waals surface area contributed by atoms with Crippen molar-refractivity contribution in [3.05, 3.63) is 11.1 Å². The van der Waals surface area contributed by atoms with Crippen molar-refractivity contribution in [2.24, 2.45) is 0 Å². The average molecular weight is 296 g/mol. The molecule has 2 heterocycles. The first-order chi connectivity index (χ1) is 9.35. The van der Waals surface area contributed by atoms with Gasteiger partial charge >= 0.3 is 0 Å². The van der Waals surface area contributed by atoms with Crippen LogP contribution in [0.4, 0.5) is 5.13 Å². The van der Waals surface area contributed by atoms with Gasteiger partial charge in [0.1, 0.15) is 0 Å². The summed E-state index contributed by atoms with van der Waals surface area (Å²) in [6.07, 6.45) is 4.49. The van der Waals surface area contributed by atoms with E-state index in [1.165, 1.54) is 30.8 Å². The molecule has 1 aliphatic heterocycles. The highest BCUT2D eigenvalue weighted by atomic mass is 32.1. The Labute approximate surface area is 127 Å². The van der Waals surface area contributed by atoms with Crippen LogP contribution in [0.15, 0.2) is 6.20 Å². The summed E-state index contributed by atoms with van der Waals surface area (Å²) in [7, 11) is 4.39. The first-order valence-corrected chi connectivity index (χ1v) is 8.28. The standard InChI is InChI=1S/C15H28N4S/c1-15(2,3)17-11-13-10-16-14(20-13)19(5)12-6-8-18(4)9-7-12/h10,12,17H,6-9,11H2,1-5H3. The molecule has 1 saturated heterocycles. The topological polar surface area (TPSA) is 31.4 Å². The summed E-state index contributed by atoms with van der Waals surface area (Å²) >= 11 is 1.81. The Morgan fingerprint density at radius 1 is 1.40 bits per heavy atom. The lowest BCUT2D eigenvalue weighted by atomic mass is 10.0. The first-order valence-electron chi connectivity index (χ1n) is 7.46. The molecular formula is C15H28N4S. The van der Waals surface area contributed by atoms with E-state index in [-0.39, 0.29) is 5.54 Å². The maximum Gasteiger partial charge on any atom is 0.185 e. The van der Waals surface area contributed by atoms with Crippen LogP contribution in [0.3, 0.4) is 0 Å². The van der Waals surface area contributed by atoms with Crippen LogP contribution in [0, 0.1) is 0 Å². The zero-order chi connectivity index (χ0) is 14.8. The molecule has 1 fully saturated rings. The lowest BCUT2D eigenvalue weighted by molar-refractivity contribution is 0.253. The molecule has 1 aliphatic rings. The third-order valence-corrected chi connectivity index (χ3v) is 4.96. The number of piperidine rings is 1. The zero-order valence-corrected chi connectivity index (χ0v) is 14.3. The van der Waals surface area contributed by atoms with Crippen molar-refractivity contribution >= 4 is 16.5 Å². The summed E-state index contributed by atoms with van der Waals surface area (Å²) in [6.45, 7) is 9.87. The van der Waals surface area contributed by atoms with Gasteiger partial charge < -0.3 is 15.1 Å². The third-order valence-electron chi connectivity index (χ3n) is 3.87. The van der Waals surface area contributed by atoms with Gasteiger partial charge in [-0.05, 0) is 53.8 Å². The molecule has 114 valence electrons. The second-order valence-corrected chi connectivity index (χ2v) is 7.95. The monoisotopic (exact) mass is 296 g/mol. The minimum atomic E-state index is 0.157. The van der Waals surface area contributed by atoms with Crippen LogP contribution >= 0.6 is 11.3 Å². The smallest absolute Gasteiger partial charge is 0.185 e. The fourth-order valence-electron chi connectivity index (χ4n) is 2.43. The fourth-order valence-corrected chi connectivity index (χ4v) is 3.32. The molecule has 1 aromatic heterocycles. The Bertz CT molecular complexity index is 416. The first kappa shape index (κ1) is 15.7. The minimum absolute atomic E-state index is 0.157. The number of aromatic nitrogens is 1. The molecule has 20 heavy (non-hydrogen) atoms. The number of hydrogen-bond donors (Lipinski definition) is 1. The van der Waals surface area contributed by atoms with Gasteiger partial charge in [0.15, 0.2) is 5.13 Å². The summed E-state index contributed by atoms with van der Waals surface area (Å²) < 4.78 is 0. The zero-order valence-electron chi connectivity index (χ0n) is 13.4. The number of thiazole rings is 1. The fraction of sp³-hybridized carbons (Fsp3) is 0.800. The van der Waals surface area contributed by atoms with E-state index in [0.717, 1.165) is 11.7 Å². The molecule has 4 nitrogen and oxygen atoms in total. The predicted octanol–water partition coefficient (Wildman–Crippen LogP) is 2.56. The van der Waals surface area contributed by atoms with Crippen LogP contribution in [0.1, 0.15) is 38.5 Å². The van der Waals surface area contributed by atoms with Crippen LogP contribution in [-0.2, 0) is 6.54 Å². The maximum absolute atomic E-state index is 4.60. The van der Waals surface area contributed by atoms with Gasteiger partial charge in [0, 0.05) is 36.2 Å². The van der Waals surface area contributed by atoms with Gasteiger partial charge in [-0.25, -0.2) is 4.98 Å². The van der Waals surface area contributed by atoms with Crippen LogP contribution in [0.2, 0.25) is 0 Å². The van der Waals surface area contributed by atoms with E-state index in [2.05, 4.69) is 55.0 Å². The van der Waals surface area contributed by atoms with Crippen molar-refractivity contribution in [3.63, 3.8) is 0 Å². The molecule has 0 amide bonds. The van der Waals surface area contributed by atoms with E-state index in [1.54, 1.807) is 0 Å². The minimum Gasteiger partial charge on any atom is -0.348 e. The molecule has 1 aromatic rings. The molecule has 0 unspecified atom stereocenters. The second kappa shape index (κ2) is 6.41. The lowest BCUT2D eigenvalue weighted by Gasteiger charge is -2.34. The van der Waals surface area contributed by atoms with Crippen molar-refractivity contribution in [2.45, 2.75) is 51.7 Å². The molecule has 0 radical (unpaired) electrons. The summed E-state index contributed by atoms with van der Waals surface area (Å²) in [4.78, 5) is 10.7. The molecule has 2 rings (SSSR count). The number of likely N-dealkylation sites (tertiary alicyclic amines) is 1. The molecular weight excluding hydrogens is 268 g/mol. The van der Waals surface area contributed by atoms with E-state index < -0.39 is 0 Å². The number of anilines is 1. The Kier molecular flexibility index (Phi) is 5.04. The molecule has 0 bridgehead atoms. The Balaban J connectivity index is 1.91. The van der Waals surface area contributed by atoms with E-state index in [1.807, 2.05) is 17.5 Å². The van der Waals surface area contributed by atoms with Gasteiger partial charge in [-0.3, -0.25) is 0 Å². The van der Waals surface area contributed by atoms with Crippen molar-refractivity contribution < 1.29 is 0 Å². The molecule has 0 saturated carbocycles. The molecule has 0 spiro atoms. The Morgan fingerprint density at radius 3 is 2.65 bits per heavy atom. The normalized spacial score (nSPS) is 18.4. The number of nitrogens with one attached hydrogen (secondary N) is 1. The van der Waals surface area contributed by atoms with Gasteiger partial charge in [0.25, 0.3) is 0 Å². The quantitative estimate of drug-likeness (QED) is 0.925. The van der Waals surface area contributed by atoms with Gasteiger partial charge in [-0.1, -0.05) is 0 Å². The van der Waals surface area contributed by atoms with Gasteiger partial charge in [-0.15, -0.1) is 11.3 Å². The van der Waals surface area contributed by atoms with Crippen molar-refractivity contribution in [3.8, 4) is 0 Å². The van der Waals surface area contributed by atoms with Gasteiger partial charge in [-0.2, -0.15) is 0 Å². The van der Waals surface area contributed by atoms with Crippen LogP contribution in [0.5, 0.6) is 0 Å². The molecule has 0 aromatic carbocycles. The number of nitrogens with zero attached hydrogens (tertiary/aromatic N) is 3. The van der Waals surface area contributed by atoms with E-state index in [4.69, 9.17) is 0 Å². The molecule has 5 heteroatoms. The number of rotatable bonds is 4. The highest BCUT2D eigenvalue weighted by Gasteiger charge is 2.22. The summed E-state index contributed by atoms with van der Waals surface area (Å²) in [5, 5.41) is 4.68. The van der Waals surface area contributed by atoms with Crippen molar-refractivity contribution in [2.75, 3.05) is 32.1 Å². The largest absolute Gasteiger partial charge is 0.348 e. The van der Waals surface area contributed by atoms with Crippen LogP contribution < -0.4 is 10.2 Å². The van der Waals surface area contributed by atoms with E-state index >= 15 is 0 Å². The maximum atomic E-state index is 4.60. The molecule has 0 aliphatic carbocycles. The summed E-state index contributed by atoms with van der Waals surface area (Å²) in [5.74, 6) is 0. The number of hydrogen-bond acceptors (Lipinski definition) is 5. The third kappa shape index (κ3) is 4.43. The summed E-state index contributed by atoms with van der Waals surface area (Å²) in [5.41, 5.74) is 0.157. The predicted molar refractivity (Wildman–Crippen MR) is 87.6 cm³/mol. The highest BCUT2D eigenvalue weighted by Crippen LogP contribution is 2.26.